The van der Waals surface area contributed by atoms with Crippen molar-refractivity contribution in [2.75, 3.05) is 32.9 Å². The molecule has 0 heterocycles. The molecular weight excluding hydrogens is 214 g/mol. The van der Waals surface area contributed by atoms with Crippen LogP contribution in [0, 0.1) is 0 Å². The van der Waals surface area contributed by atoms with Crippen LogP contribution in [-0.2, 0) is 4.74 Å². The van der Waals surface area contributed by atoms with Crippen molar-refractivity contribution in [2.45, 2.75) is 19.8 Å². The summed E-state index contributed by atoms with van der Waals surface area (Å²) in [5.74, 6) is 0.903. The summed E-state index contributed by atoms with van der Waals surface area (Å²) in [5.41, 5.74) is 0. The first kappa shape index (κ1) is 14.0. The molecule has 0 bridgehead atoms. The second-order valence-corrected chi connectivity index (χ2v) is 3.88. The molecule has 0 radical (unpaired) electrons. The Morgan fingerprint density at radius 1 is 1.00 bits per heavy atom. The quantitative estimate of drug-likeness (QED) is 0.634. The second kappa shape index (κ2) is 10.1. The third kappa shape index (κ3) is 7.77. The van der Waals surface area contributed by atoms with Crippen LogP contribution in [0.3, 0.4) is 0 Å². The maximum absolute atomic E-state index is 5.51. The minimum Gasteiger partial charge on any atom is -0.491 e. The highest BCUT2D eigenvalue weighted by molar-refractivity contribution is 5.20. The van der Waals surface area contributed by atoms with Gasteiger partial charge in [-0.05, 0) is 38.1 Å². The highest BCUT2D eigenvalue weighted by atomic mass is 16.5. The van der Waals surface area contributed by atoms with Gasteiger partial charge in [-0.15, -0.1) is 0 Å². The van der Waals surface area contributed by atoms with Crippen molar-refractivity contribution in [1.29, 1.82) is 0 Å². The lowest BCUT2D eigenvalue weighted by atomic mass is 10.3. The van der Waals surface area contributed by atoms with E-state index >= 15 is 0 Å². The van der Waals surface area contributed by atoms with E-state index in [-0.39, 0.29) is 0 Å². The molecule has 96 valence electrons. The Kier molecular flexibility index (Phi) is 8.33. The lowest BCUT2D eigenvalue weighted by Crippen LogP contribution is -2.18. The summed E-state index contributed by atoms with van der Waals surface area (Å²) >= 11 is 0. The van der Waals surface area contributed by atoms with Crippen LogP contribution in [0.15, 0.2) is 30.3 Å². The third-order valence-corrected chi connectivity index (χ3v) is 2.31. The van der Waals surface area contributed by atoms with Crippen LogP contribution in [0.2, 0.25) is 0 Å². The van der Waals surface area contributed by atoms with Gasteiger partial charge in [0.15, 0.2) is 0 Å². The van der Waals surface area contributed by atoms with Crippen LogP contribution in [-0.4, -0.2) is 32.9 Å². The van der Waals surface area contributed by atoms with Gasteiger partial charge < -0.3 is 14.8 Å². The van der Waals surface area contributed by atoms with Gasteiger partial charge >= 0.3 is 0 Å². The predicted molar refractivity (Wildman–Crippen MR) is 70.5 cm³/mol. The maximum atomic E-state index is 5.51. The molecule has 0 saturated carbocycles. The van der Waals surface area contributed by atoms with E-state index in [4.69, 9.17) is 9.47 Å². The van der Waals surface area contributed by atoms with E-state index in [1.807, 2.05) is 30.3 Å². The highest BCUT2D eigenvalue weighted by Gasteiger charge is 1.92. The topological polar surface area (TPSA) is 30.5 Å². The Balaban J connectivity index is 1.85. The Labute approximate surface area is 104 Å². The molecule has 0 saturated heterocycles. The van der Waals surface area contributed by atoms with Crippen molar-refractivity contribution >= 4 is 0 Å². The normalized spacial score (nSPS) is 10.4. The molecule has 1 rings (SSSR count). The van der Waals surface area contributed by atoms with Crippen molar-refractivity contribution in [3.05, 3.63) is 30.3 Å². The molecule has 0 fully saturated rings. The summed E-state index contributed by atoms with van der Waals surface area (Å²) in [6.45, 7) is 6.37. The molecule has 3 heteroatoms. The van der Waals surface area contributed by atoms with E-state index in [0.29, 0.717) is 13.2 Å². The van der Waals surface area contributed by atoms with Crippen LogP contribution in [0.4, 0.5) is 0 Å². The number of rotatable bonds is 10. The van der Waals surface area contributed by atoms with Crippen molar-refractivity contribution in [3.63, 3.8) is 0 Å². The number of hydrogen-bond acceptors (Lipinski definition) is 3. The maximum Gasteiger partial charge on any atom is 0.119 e. The van der Waals surface area contributed by atoms with Crippen molar-refractivity contribution < 1.29 is 9.47 Å². The summed E-state index contributed by atoms with van der Waals surface area (Å²) in [6.07, 6.45) is 2.25. The molecule has 0 atom stereocenters. The van der Waals surface area contributed by atoms with Gasteiger partial charge in [-0.25, -0.2) is 0 Å². The Hall–Kier alpha value is -1.06. The standard InChI is InChI=1S/C14H23NO2/c1-2-9-15-10-6-11-16-12-13-17-14-7-4-3-5-8-14/h3-5,7-8,15H,2,6,9-13H2,1H3. The van der Waals surface area contributed by atoms with Gasteiger partial charge in [0.1, 0.15) is 12.4 Å². The zero-order chi connectivity index (χ0) is 12.2. The first-order valence-corrected chi connectivity index (χ1v) is 6.40. The van der Waals surface area contributed by atoms with E-state index in [0.717, 1.165) is 31.9 Å². The van der Waals surface area contributed by atoms with E-state index in [9.17, 15) is 0 Å². The molecule has 3 nitrogen and oxygen atoms in total. The minimum atomic E-state index is 0.617. The smallest absolute Gasteiger partial charge is 0.119 e. The van der Waals surface area contributed by atoms with E-state index in [2.05, 4.69) is 12.2 Å². The first-order chi connectivity index (χ1) is 8.43. The zero-order valence-electron chi connectivity index (χ0n) is 10.7. The monoisotopic (exact) mass is 237 g/mol. The Bertz CT molecular complexity index is 264. The van der Waals surface area contributed by atoms with Crippen LogP contribution in [0.5, 0.6) is 5.75 Å². The molecule has 1 N–H and O–H groups in total. The lowest BCUT2D eigenvalue weighted by Gasteiger charge is -2.07. The fourth-order valence-electron chi connectivity index (χ4n) is 1.44. The van der Waals surface area contributed by atoms with Gasteiger partial charge in [0.05, 0.1) is 6.61 Å². The van der Waals surface area contributed by atoms with Gasteiger partial charge in [0.25, 0.3) is 0 Å². The van der Waals surface area contributed by atoms with E-state index < -0.39 is 0 Å². The SMILES string of the molecule is CCCNCCCOCCOc1ccccc1. The van der Waals surface area contributed by atoms with E-state index in [1.165, 1.54) is 6.42 Å². The predicted octanol–water partition coefficient (Wildman–Crippen LogP) is 2.47. The van der Waals surface area contributed by atoms with Gasteiger partial charge in [-0.2, -0.15) is 0 Å². The van der Waals surface area contributed by atoms with Crippen LogP contribution in [0.25, 0.3) is 0 Å². The minimum absolute atomic E-state index is 0.617. The average molecular weight is 237 g/mol. The number of ether oxygens (including phenoxy) is 2. The van der Waals surface area contributed by atoms with Crippen LogP contribution < -0.4 is 10.1 Å². The van der Waals surface area contributed by atoms with Gasteiger partial charge in [0, 0.05) is 6.61 Å². The fourth-order valence-corrected chi connectivity index (χ4v) is 1.44. The Morgan fingerprint density at radius 3 is 2.59 bits per heavy atom. The molecule has 0 aliphatic heterocycles. The van der Waals surface area contributed by atoms with Crippen LogP contribution in [0.1, 0.15) is 19.8 Å². The second-order valence-electron chi connectivity index (χ2n) is 3.88. The highest BCUT2D eigenvalue weighted by Crippen LogP contribution is 2.07. The van der Waals surface area contributed by atoms with Gasteiger partial charge in [-0.3, -0.25) is 0 Å². The molecule has 17 heavy (non-hydrogen) atoms. The van der Waals surface area contributed by atoms with Gasteiger partial charge in [-0.1, -0.05) is 25.1 Å². The molecule has 1 aromatic rings. The van der Waals surface area contributed by atoms with Gasteiger partial charge in [0.2, 0.25) is 0 Å². The third-order valence-electron chi connectivity index (χ3n) is 2.31. The number of nitrogens with one attached hydrogen (secondary N) is 1. The summed E-state index contributed by atoms with van der Waals surface area (Å²) in [7, 11) is 0. The van der Waals surface area contributed by atoms with Crippen molar-refractivity contribution in [3.8, 4) is 5.75 Å². The molecule has 0 unspecified atom stereocenters. The molecule has 0 amide bonds. The number of hydrogen-bond donors (Lipinski definition) is 1. The molecule has 0 spiro atoms. The summed E-state index contributed by atoms with van der Waals surface area (Å²) in [6, 6.07) is 9.82. The first-order valence-electron chi connectivity index (χ1n) is 6.40. The average Bonchev–Trinajstić information content (AvgIpc) is 2.38. The Morgan fingerprint density at radius 2 is 1.82 bits per heavy atom. The zero-order valence-corrected chi connectivity index (χ0v) is 10.7. The van der Waals surface area contributed by atoms with Crippen molar-refractivity contribution in [2.24, 2.45) is 0 Å². The number of benzene rings is 1. The van der Waals surface area contributed by atoms with Crippen molar-refractivity contribution in [1.82, 2.24) is 5.32 Å². The summed E-state index contributed by atoms with van der Waals surface area (Å²) < 4.78 is 11.0. The molecule has 1 aromatic carbocycles. The van der Waals surface area contributed by atoms with E-state index in [1.54, 1.807) is 0 Å². The van der Waals surface area contributed by atoms with Crippen LogP contribution >= 0.6 is 0 Å². The number of para-hydroxylation sites is 1. The fraction of sp³-hybridized carbons (Fsp3) is 0.571. The molecular formula is C14H23NO2. The summed E-state index contributed by atoms with van der Waals surface area (Å²) in [5, 5.41) is 3.34. The molecule has 0 aliphatic carbocycles. The largest absolute Gasteiger partial charge is 0.491 e. The lowest BCUT2D eigenvalue weighted by molar-refractivity contribution is 0.0984. The summed E-state index contributed by atoms with van der Waals surface area (Å²) in [4.78, 5) is 0. The molecule has 0 aliphatic rings. The molecule has 0 aromatic heterocycles.